The van der Waals surface area contributed by atoms with Crippen molar-refractivity contribution >= 4 is 5.91 Å². The van der Waals surface area contributed by atoms with Crippen LogP contribution in [-0.2, 0) is 9.53 Å². The number of amides is 1. The molecule has 3 heteroatoms. The van der Waals surface area contributed by atoms with Gasteiger partial charge in [0, 0.05) is 19.6 Å². The van der Waals surface area contributed by atoms with Crippen LogP contribution in [0, 0.1) is 0 Å². The minimum Gasteiger partial charge on any atom is -0.381 e. The van der Waals surface area contributed by atoms with Crippen molar-refractivity contribution in [3.8, 4) is 0 Å². The molecule has 0 aliphatic rings. The Bertz CT molecular complexity index is 307. The van der Waals surface area contributed by atoms with Crippen molar-refractivity contribution in [2.75, 3.05) is 13.2 Å². The van der Waals surface area contributed by atoms with Crippen LogP contribution in [0.3, 0.4) is 0 Å². The number of carbonyl (C=O) groups is 1. The Balaban J connectivity index is 2.99. The molecule has 0 rings (SSSR count). The van der Waals surface area contributed by atoms with Crippen LogP contribution in [0.4, 0.5) is 0 Å². The van der Waals surface area contributed by atoms with Gasteiger partial charge in [0.1, 0.15) is 0 Å². The number of hydrogen-bond acceptors (Lipinski definition) is 2. The van der Waals surface area contributed by atoms with E-state index in [1.165, 1.54) is 116 Å². The Kier molecular flexibility index (Phi) is 24.0. The molecule has 0 fully saturated rings. The third-order valence-corrected chi connectivity index (χ3v) is 5.60. The minimum atomic E-state index is -0.154. The summed E-state index contributed by atoms with van der Waals surface area (Å²) >= 11 is 0. The second-order valence-electron chi connectivity index (χ2n) is 8.55. The topological polar surface area (TPSA) is 52.3 Å². The molecule has 0 saturated heterocycles. The molecule has 1 amide bonds. The lowest BCUT2D eigenvalue weighted by molar-refractivity contribution is -0.118. The van der Waals surface area contributed by atoms with Gasteiger partial charge in [0.05, 0.1) is 0 Å². The van der Waals surface area contributed by atoms with E-state index >= 15 is 0 Å². The van der Waals surface area contributed by atoms with Crippen molar-refractivity contribution in [3.05, 3.63) is 0 Å². The lowest BCUT2D eigenvalue weighted by Gasteiger charge is -2.05. The number of hydrogen-bond donors (Lipinski definition) is 1. The molecule has 0 bridgehead atoms. The molecule has 0 heterocycles. The zero-order valence-corrected chi connectivity index (χ0v) is 19.2. The molecular weight excluding hydrogens is 346 g/mol. The second-order valence-corrected chi connectivity index (χ2v) is 8.55. The van der Waals surface area contributed by atoms with Crippen molar-refractivity contribution in [1.82, 2.24) is 0 Å². The highest BCUT2D eigenvalue weighted by Gasteiger charge is 1.97. The fourth-order valence-corrected chi connectivity index (χ4v) is 3.71. The van der Waals surface area contributed by atoms with E-state index in [2.05, 4.69) is 6.92 Å². The first kappa shape index (κ1) is 27.4. The van der Waals surface area contributed by atoms with Gasteiger partial charge in [-0.3, -0.25) is 4.79 Å². The van der Waals surface area contributed by atoms with Crippen LogP contribution >= 0.6 is 0 Å². The first-order valence-corrected chi connectivity index (χ1v) is 12.6. The van der Waals surface area contributed by atoms with E-state index in [1.54, 1.807) is 0 Å². The molecule has 2 N–H and O–H groups in total. The largest absolute Gasteiger partial charge is 0.381 e. The summed E-state index contributed by atoms with van der Waals surface area (Å²) in [5.41, 5.74) is 5.14. The lowest BCUT2D eigenvalue weighted by atomic mass is 10.0. The van der Waals surface area contributed by atoms with Gasteiger partial charge in [-0.15, -0.1) is 0 Å². The number of carbonyl (C=O) groups excluding carboxylic acids is 1. The van der Waals surface area contributed by atoms with E-state index in [0.717, 1.165) is 26.1 Å². The van der Waals surface area contributed by atoms with Crippen molar-refractivity contribution in [2.24, 2.45) is 5.73 Å². The zero-order valence-electron chi connectivity index (χ0n) is 19.2. The summed E-state index contributed by atoms with van der Waals surface area (Å²) in [5.74, 6) is -0.154. The number of primary amides is 1. The summed E-state index contributed by atoms with van der Waals surface area (Å²) < 4.78 is 5.66. The molecule has 28 heavy (non-hydrogen) atoms. The number of ether oxygens (including phenoxy) is 1. The Labute approximate surface area is 176 Å². The van der Waals surface area contributed by atoms with E-state index < -0.39 is 0 Å². The van der Waals surface area contributed by atoms with Crippen LogP contribution in [0.2, 0.25) is 0 Å². The highest BCUT2D eigenvalue weighted by atomic mass is 16.5. The molecule has 168 valence electrons. The fourth-order valence-electron chi connectivity index (χ4n) is 3.71. The van der Waals surface area contributed by atoms with Crippen LogP contribution in [0.25, 0.3) is 0 Å². The van der Waals surface area contributed by atoms with Gasteiger partial charge in [-0.1, -0.05) is 116 Å². The highest BCUT2D eigenvalue weighted by molar-refractivity contribution is 5.73. The molecule has 0 aromatic carbocycles. The lowest BCUT2D eigenvalue weighted by Crippen LogP contribution is -2.09. The van der Waals surface area contributed by atoms with Crippen LogP contribution < -0.4 is 5.73 Å². The first-order chi connectivity index (χ1) is 13.8. The van der Waals surface area contributed by atoms with E-state index in [9.17, 15) is 4.79 Å². The SMILES string of the molecule is CCCCCOCCCCCCCCCCCCCCCCCCCC(N)=O. The summed E-state index contributed by atoms with van der Waals surface area (Å²) in [6.07, 6.45) is 27.2. The van der Waals surface area contributed by atoms with E-state index in [4.69, 9.17) is 10.5 Å². The third kappa shape index (κ3) is 25.4. The molecule has 0 aromatic rings. The Hall–Kier alpha value is -0.570. The summed E-state index contributed by atoms with van der Waals surface area (Å²) in [6, 6.07) is 0. The molecule has 3 nitrogen and oxygen atoms in total. The van der Waals surface area contributed by atoms with Gasteiger partial charge < -0.3 is 10.5 Å². The van der Waals surface area contributed by atoms with Gasteiger partial charge >= 0.3 is 0 Å². The molecule has 0 aromatic heterocycles. The second kappa shape index (κ2) is 24.5. The van der Waals surface area contributed by atoms with E-state index in [1.807, 2.05) is 0 Å². The maximum atomic E-state index is 10.6. The Morgan fingerprint density at radius 2 is 0.857 bits per heavy atom. The molecule has 0 unspecified atom stereocenters. The predicted octanol–water partition coefficient (Wildman–Crippen LogP) is 7.70. The van der Waals surface area contributed by atoms with Crippen LogP contribution in [0.15, 0.2) is 0 Å². The maximum absolute atomic E-state index is 10.6. The summed E-state index contributed by atoms with van der Waals surface area (Å²) in [5, 5.41) is 0. The molecule has 0 aliphatic carbocycles. The Morgan fingerprint density at radius 3 is 1.21 bits per heavy atom. The number of unbranched alkanes of at least 4 members (excludes halogenated alkanes) is 18. The first-order valence-electron chi connectivity index (χ1n) is 12.6. The molecule has 0 aliphatic heterocycles. The predicted molar refractivity (Wildman–Crippen MR) is 123 cm³/mol. The smallest absolute Gasteiger partial charge is 0.217 e. The van der Waals surface area contributed by atoms with Gasteiger partial charge in [0.15, 0.2) is 0 Å². The molecule has 0 atom stereocenters. The van der Waals surface area contributed by atoms with Gasteiger partial charge in [-0.05, 0) is 19.3 Å². The normalized spacial score (nSPS) is 11.2. The van der Waals surface area contributed by atoms with E-state index in [0.29, 0.717) is 6.42 Å². The number of rotatable bonds is 24. The third-order valence-electron chi connectivity index (χ3n) is 5.60. The molecule has 0 spiro atoms. The summed E-state index contributed by atoms with van der Waals surface area (Å²) in [7, 11) is 0. The van der Waals surface area contributed by atoms with Crippen LogP contribution in [0.5, 0.6) is 0 Å². The molecular formula is C25H51NO2. The zero-order chi connectivity index (χ0) is 20.5. The quantitative estimate of drug-likeness (QED) is 0.170. The van der Waals surface area contributed by atoms with Crippen molar-refractivity contribution in [1.29, 1.82) is 0 Å². The standard InChI is InChI=1S/C25H51NO2/c1-2-3-20-23-28-24-21-18-16-14-12-10-8-6-4-5-7-9-11-13-15-17-19-22-25(26)27/h2-24H2,1H3,(H2,26,27). The molecule has 0 radical (unpaired) electrons. The van der Waals surface area contributed by atoms with Gasteiger partial charge in [0.2, 0.25) is 5.91 Å². The average molecular weight is 398 g/mol. The fraction of sp³-hybridized carbons (Fsp3) is 0.960. The van der Waals surface area contributed by atoms with Gasteiger partial charge in [0.25, 0.3) is 0 Å². The highest BCUT2D eigenvalue weighted by Crippen LogP contribution is 2.14. The van der Waals surface area contributed by atoms with Crippen LogP contribution in [-0.4, -0.2) is 19.1 Å². The maximum Gasteiger partial charge on any atom is 0.217 e. The van der Waals surface area contributed by atoms with Gasteiger partial charge in [-0.2, -0.15) is 0 Å². The summed E-state index contributed by atoms with van der Waals surface area (Å²) in [4.78, 5) is 10.6. The van der Waals surface area contributed by atoms with Crippen molar-refractivity contribution in [3.63, 3.8) is 0 Å². The van der Waals surface area contributed by atoms with Crippen molar-refractivity contribution in [2.45, 2.75) is 142 Å². The van der Waals surface area contributed by atoms with E-state index in [-0.39, 0.29) is 5.91 Å². The molecule has 0 saturated carbocycles. The van der Waals surface area contributed by atoms with Crippen LogP contribution in [0.1, 0.15) is 142 Å². The van der Waals surface area contributed by atoms with Gasteiger partial charge in [-0.25, -0.2) is 0 Å². The summed E-state index contributed by atoms with van der Waals surface area (Å²) in [6.45, 7) is 4.17. The Morgan fingerprint density at radius 1 is 0.536 bits per heavy atom. The monoisotopic (exact) mass is 397 g/mol. The average Bonchev–Trinajstić information content (AvgIpc) is 2.68. The minimum absolute atomic E-state index is 0.154. The number of nitrogens with two attached hydrogens (primary N) is 1. The van der Waals surface area contributed by atoms with Crippen molar-refractivity contribution < 1.29 is 9.53 Å².